The molecule has 100 valence electrons. The molecule has 0 aliphatic heterocycles. The number of ether oxygens (including phenoxy) is 1. The minimum atomic E-state index is -0.329. The van der Waals surface area contributed by atoms with Crippen molar-refractivity contribution in [3.8, 4) is 0 Å². The van der Waals surface area contributed by atoms with Gasteiger partial charge in [-0.2, -0.15) is 0 Å². The summed E-state index contributed by atoms with van der Waals surface area (Å²) < 4.78 is 4.87. The highest BCUT2D eigenvalue weighted by molar-refractivity contribution is 5.86. The van der Waals surface area contributed by atoms with Gasteiger partial charge in [0.15, 0.2) is 0 Å². The minimum absolute atomic E-state index is 0.0928. The Balaban J connectivity index is 0.000000771. The predicted molar refractivity (Wildman–Crippen MR) is 74.8 cm³/mol. The van der Waals surface area contributed by atoms with E-state index in [1.807, 2.05) is 13.8 Å². The van der Waals surface area contributed by atoms with Crippen LogP contribution < -0.4 is 0 Å². The monoisotopic (exact) mass is 248 g/mol. The molecule has 0 spiro atoms. The third-order valence-electron chi connectivity index (χ3n) is 3.46. The molecule has 1 aromatic rings. The maximum Gasteiger partial charge on any atom is 0.316 e. The third-order valence-corrected chi connectivity index (χ3v) is 3.46. The molecule has 2 rings (SSSR count). The van der Waals surface area contributed by atoms with Crippen LogP contribution in [0.1, 0.15) is 57.6 Å². The fourth-order valence-electron chi connectivity index (χ4n) is 2.12. The van der Waals surface area contributed by atoms with Crippen molar-refractivity contribution in [3.63, 3.8) is 0 Å². The lowest BCUT2D eigenvalue weighted by molar-refractivity contribution is -0.143. The van der Waals surface area contributed by atoms with Crippen molar-refractivity contribution in [2.24, 2.45) is 0 Å². The van der Waals surface area contributed by atoms with Crippen molar-refractivity contribution in [3.05, 3.63) is 35.4 Å². The van der Waals surface area contributed by atoms with E-state index < -0.39 is 0 Å². The smallest absolute Gasteiger partial charge is 0.316 e. The summed E-state index contributed by atoms with van der Waals surface area (Å²) in [6, 6.07) is 8.37. The van der Waals surface area contributed by atoms with Crippen LogP contribution in [0.5, 0.6) is 0 Å². The minimum Gasteiger partial charge on any atom is -0.468 e. The molecule has 0 heterocycles. The number of hydrogen-bond acceptors (Lipinski definition) is 2. The van der Waals surface area contributed by atoms with E-state index in [1.165, 1.54) is 12.7 Å². The van der Waals surface area contributed by atoms with E-state index in [4.69, 9.17) is 4.74 Å². The van der Waals surface area contributed by atoms with Gasteiger partial charge in [-0.1, -0.05) is 52.0 Å². The fraction of sp³-hybridized carbons (Fsp3) is 0.562. The second-order valence-electron chi connectivity index (χ2n) is 4.85. The van der Waals surface area contributed by atoms with Crippen molar-refractivity contribution >= 4 is 5.97 Å². The molecule has 0 amide bonds. The van der Waals surface area contributed by atoms with Crippen LogP contribution in [-0.2, 0) is 14.9 Å². The molecule has 18 heavy (non-hydrogen) atoms. The van der Waals surface area contributed by atoms with E-state index in [2.05, 4.69) is 38.1 Å². The molecule has 0 radical (unpaired) electrons. The molecule has 0 N–H and O–H groups in total. The first kappa shape index (κ1) is 14.7. The summed E-state index contributed by atoms with van der Waals surface area (Å²) in [5.41, 5.74) is 2.08. The molecule has 1 aliphatic carbocycles. The second kappa shape index (κ2) is 6.03. The zero-order valence-corrected chi connectivity index (χ0v) is 12.1. The molecule has 1 fully saturated rings. The molecule has 1 aromatic carbocycles. The van der Waals surface area contributed by atoms with Crippen LogP contribution in [0.15, 0.2) is 24.3 Å². The lowest BCUT2D eigenvalue weighted by atomic mass is 9.93. The normalized spacial score (nSPS) is 15.7. The summed E-state index contributed by atoms with van der Waals surface area (Å²) >= 11 is 0. The van der Waals surface area contributed by atoms with Gasteiger partial charge < -0.3 is 4.74 Å². The van der Waals surface area contributed by atoms with E-state index in [0.717, 1.165) is 18.4 Å². The predicted octanol–water partition coefficient (Wildman–Crippen LogP) is 4.04. The SMILES string of the molecule is CC.COC(=O)C1(c2ccc(C(C)C)cc2)CC1. The third kappa shape index (κ3) is 2.74. The van der Waals surface area contributed by atoms with Crippen LogP contribution >= 0.6 is 0 Å². The van der Waals surface area contributed by atoms with Gasteiger partial charge in [-0.05, 0) is 29.9 Å². The maximum absolute atomic E-state index is 11.7. The van der Waals surface area contributed by atoms with Gasteiger partial charge in [-0.25, -0.2) is 0 Å². The largest absolute Gasteiger partial charge is 0.468 e. The Morgan fingerprint density at radius 1 is 1.17 bits per heavy atom. The summed E-state index contributed by atoms with van der Waals surface area (Å²) in [6.07, 6.45) is 1.83. The summed E-state index contributed by atoms with van der Waals surface area (Å²) in [7, 11) is 1.46. The maximum atomic E-state index is 11.7. The average Bonchev–Trinajstić information content (AvgIpc) is 3.22. The van der Waals surface area contributed by atoms with Gasteiger partial charge in [0.1, 0.15) is 0 Å². The molecule has 2 heteroatoms. The van der Waals surface area contributed by atoms with Crippen LogP contribution in [0.3, 0.4) is 0 Å². The van der Waals surface area contributed by atoms with Gasteiger partial charge in [-0.3, -0.25) is 4.79 Å². The van der Waals surface area contributed by atoms with Crippen molar-refractivity contribution in [1.29, 1.82) is 0 Å². The van der Waals surface area contributed by atoms with E-state index in [0.29, 0.717) is 5.92 Å². The molecular weight excluding hydrogens is 224 g/mol. The van der Waals surface area contributed by atoms with Crippen LogP contribution in [0, 0.1) is 0 Å². The lowest BCUT2D eigenvalue weighted by Gasteiger charge is -2.14. The van der Waals surface area contributed by atoms with Crippen LogP contribution in [0.4, 0.5) is 0 Å². The quantitative estimate of drug-likeness (QED) is 0.755. The van der Waals surface area contributed by atoms with Crippen molar-refractivity contribution in [2.75, 3.05) is 7.11 Å². The highest BCUT2D eigenvalue weighted by atomic mass is 16.5. The lowest BCUT2D eigenvalue weighted by Crippen LogP contribution is -2.21. The Bertz CT molecular complexity index is 386. The van der Waals surface area contributed by atoms with Crippen LogP contribution in [-0.4, -0.2) is 13.1 Å². The molecule has 0 aromatic heterocycles. The van der Waals surface area contributed by atoms with Crippen LogP contribution in [0.25, 0.3) is 0 Å². The van der Waals surface area contributed by atoms with Gasteiger partial charge in [0.05, 0.1) is 12.5 Å². The summed E-state index contributed by atoms with van der Waals surface area (Å²) in [5.74, 6) is 0.437. The molecule has 0 bridgehead atoms. The number of esters is 1. The van der Waals surface area contributed by atoms with Crippen LogP contribution in [0.2, 0.25) is 0 Å². The number of carbonyl (C=O) groups excluding carboxylic acids is 1. The number of hydrogen-bond donors (Lipinski definition) is 0. The summed E-state index contributed by atoms with van der Waals surface area (Å²) in [6.45, 7) is 8.34. The zero-order chi connectivity index (χ0) is 13.8. The molecule has 0 saturated heterocycles. The number of benzene rings is 1. The topological polar surface area (TPSA) is 26.3 Å². The number of rotatable bonds is 3. The molecule has 0 unspecified atom stereocenters. The Morgan fingerprint density at radius 3 is 2.00 bits per heavy atom. The van der Waals surface area contributed by atoms with Gasteiger partial charge >= 0.3 is 5.97 Å². The summed E-state index contributed by atoms with van der Waals surface area (Å²) in [4.78, 5) is 11.7. The van der Waals surface area contributed by atoms with Crippen molar-refractivity contribution in [2.45, 2.75) is 51.9 Å². The first-order valence-corrected chi connectivity index (χ1v) is 6.79. The van der Waals surface area contributed by atoms with E-state index >= 15 is 0 Å². The molecule has 0 atom stereocenters. The highest BCUT2D eigenvalue weighted by Crippen LogP contribution is 2.49. The Kier molecular flexibility index (Phi) is 4.94. The number of carbonyl (C=O) groups is 1. The second-order valence-corrected chi connectivity index (χ2v) is 4.85. The Labute approximate surface area is 110 Å². The molecule has 2 nitrogen and oxygen atoms in total. The first-order valence-electron chi connectivity index (χ1n) is 6.79. The highest BCUT2D eigenvalue weighted by Gasteiger charge is 2.52. The number of methoxy groups -OCH3 is 1. The Hall–Kier alpha value is -1.31. The van der Waals surface area contributed by atoms with Gasteiger partial charge in [-0.15, -0.1) is 0 Å². The standard InChI is InChI=1S/C14H18O2.C2H6/c1-10(2)11-4-6-12(7-5-11)14(8-9-14)13(15)16-3;1-2/h4-7,10H,8-9H2,1-3H3;1-2H3. The Morgan fingerprint density at radius 2 is 1.67 bits per heavy atom. The zero-order valence-electron chi connectivity index (χ0n) is 12.1. The molecule has 1 saturated carbocycles. The fourth-order valence-corrected chi connectivity index (χ4v) is 2.12. The molecule has 1 aliphatic rings. The van der Waals surface area contributed by atoms with Gasteiger partial charge in [0.25, 0.3) is 0 Å². The van der Waals surface area contributed by atoms with E-state index in [9.17, 15) is 4.79 Å². The first-order chi connectivity index (χ1) is 8.60. The molecular formula is C16H24O2. The van der Waals surface area contributed by atoms with Crippen molar-refractivity contribution in [1.82, 2.24) is 0 Å². The van der Waals surface area contributed by atoms with Gasteiger partial charge in [0.2, 0.25) is 0 Å². The van der Waals surface area contributed by atoms with Crippen molar-refractivity contribution < 1.29 is 9.53 Å². The van der Waals surface area contributed by atoms with E-state index in [-0.39, 0.29) is 11.4 Å². The van der Waals surface area contributed by atoms with E-state index in [1.54, 1.807) is 0 Å². The summed E-state index contributed by atoms with van der Waals surface area (Å²) in [5, 5.41) is 0. The van der Waals surface area contributed by atoms with Gasteiger partial charge in [0, 0.05) is 0 Å². The average molecular weight is 248 g/mol.